The first-order valence-electron chi connectivity index (χ1n) is 14.4. The Balaban J connectivity index is 3.03. The van der Waals surface area contributed by atoms with E-state index in [4.69, 9.17) is 23.3 Å². The fourth-order valence-corrected chi connectivity index (χ4v) is 4.21. The number of benzene rings is 1. The second-order valence-electron chi connectivity index (χ2n) is 4.58. The predicted molar refractivity (Wildman–Crippen MR) is 91.2 cm³/mol. The Bertz CT molecular complexity index is 1150. The molecule has 0 atom stereocenters. The molecular formula is C18H25GeN. The van der Waals surface area contributed by atoms with Gasteiger partial charge in [0.2, 0.25) is 0 Å². The Kier molecular flexibility index (Phi) is 1.36. The van der Waals surface area contributed by atoms with Gasteiger partial charge in [-0.15, -0.1) is 0 Å². The fraction of sp³-hybridized carbons (Fsp3) is 0.389. The molecule has 0 aliphatic rings. The van der Waals surface area contributed by atoms with Crippen LogP contribution >= 0.6 is 0 Å². The van der Waals surface area contributed by atoms with Gasteiger partial charge < -0.3 is 0 Å². The molecule has 0 bridgehead atoms. The summed E-state index contributed by atoms with van der Waals surface area (Å²) in [5.41, 5.74) is -6.73. The van der Waals surface area contributed by atoms with Crippen LogP contribution in [-0.4, -0.2) is 18.3 Å². The van der Waals surface area contributed by atoms with Crippen molar-refractivity contribution in [1.29, 1.82) is 0 Å². The number of nitrogens with zero attached hydrogens (tertiary/aromatic N) is 1. The van der Waals surface area contributed by atoms with E-state index in [9.17, 15) is 0 Å². The van der Waals surface area contributed by atoms with Crippen LogP contribution in [0.3, 0.4) is 0 Å². The Hall–Kier alpha value is -1.09. The van der Waals surface area contributed by atoms with Crippen LogP contribution in [0.5, 0.6) is 0 Å². The van der Waals surface area contributed by atoms with E-state index in [2.05, 4.69) is 4.98 Å². The average molecular weight is 345 g/mol. The van der Waals surface area contributed by atoms with Crippen molar-refractivity contribution in [2.24, 2.45) is 5.89 Å². The summed E-state index contributed by atoms with van der Waals surface area (Å²) in [4.78, 5) is 4.09. The van der Waals surface area contributed by atoms with E-state index in [1.165, 1.54) is 0 Å². The van der Waals surface area contributed by atoms with Crippen LogP contribution in [0.25, 0.3) is 11.3 Å². The summed E-state index contributed by atoms with van der Waals surface area (Å²) >= 11 is -5.31. The summed E-state index contributed by atoms with van der Waals surface area (Å²) in [6.07, 6.45) is -0.173. The summed E-state index contributed by atoms with van der Waals surface area (Å²) < 4.78 is 135. The summed E-state index contributed by atoms with van der Waals surface area (Å²) in [6, 6.07) is -0.0188. The summed E-state index contributed by atoms with van der Waals surface area (Å²) in [6.45, 7) is -6.78. The molecule has 1 nitrogen and oxygen atoms in total. The molecule has 0 aliphatic carbocycles. The van der Waals surface area contributed by atoms with E-state index >= 15 is 0 Å². The summed E-state index contributed by atoms with van der Waals surface area (Å²) in [7, 11) is 0. The maximum atomic E-state index is 8.46. The second kappa shape index (κ2) is 6.13. The Morgan fingerprint density at radius 3 is 2.95 bits per heavy atom. The molecule has 2 aromatic rings. The molecule has 20 heavy (non-hydrogen) atoms. The van der Waals surface area contributed by atoms with Crippen LogP contribution < -0.4 is 4.40 Å². The predicted octanol–water partition coefficient (Wildman–Crippen LogP) is 4.49. The van der Waals surface area contributed by atoms with Gasteiger partial charge in [0.15, 0.2) is 0 Å². The van der Waals surface area contributed by atoms with Gasteiger partial charge in [-0.25, -0.2) is 0 Å². The van der Waals surface area contributed by atoms with Crippen molar-refractivity contribution in [2.75, 3.05) is 0 Å². The molecule has 0 saturated heterocycles. The number of hydrogen-bond acceptors (Lipinski definition) is 1. The molecule has 0 spiro atoms. The normalized spacial score (nSPS) is 27.4. The number of rotatable bonds is 4. The van der Waals surface area contributed by atoms with Crippen LogP contribution in [0.15, 0.2) is 42.5 Å². The van der Waals surface area contributed by atoms with Crippen molar-refractivity contribution in [2.45, 2.75) is 37.2 Å². The third-order valence-corrected chi connectivity index (χ3v) is 5.92. The molecule has 1 heterocycles. The van der Waals surface area contributed by atoms with Crippen molar-refractivity contribution in [3.63, 3.8) is 0 Å². The first-order valence-corrected chi connectivity index (χ1v) is 11.1. The molecule has 0 fully saturated rings. The standard InChI is InChI=1S/C18H25GeN/c1-14(2)11-16-12-18(15-9-7-6-8-10-15)20-13-17(16)19(3,4)5/h6-10,12-14H,11H2,1-5H3/i1D3,2D3,3D3,4D3,6D,7D,8D,9D,14D. The monoisotopic (exact) mass is 346 g/mol. The van der Waals surface area contributed by atoms with Gasteiger partial charge in [-0.2, -0.15) is 0 Å². The van der Waals surface area contributed by atoms with E-state index in [1.807, 2.05) is 0 Å². The van der Waals surface area contributed by atoms with Gasteiger partial charge >= 0.3 is 148 Å². The van der Waals surface area contributed by atoms with Gasteiger partial charge in [0.1, 0.15) is 0 Å². The molecule has 2 rings (SSSR count). The molecule has 0 aliphatic heterocycles. The summed E-state index contributed by atoms with van der Waals surface area (Å²) in [5.74, 6) is -2.08. The zero-order chi connectivity index (χ0) is 29.2. The van der Waals surface area contributed by atoms with E-state index in [-0.39, 0.29) is 21.2 Å². The van der Waals surface area contributed by atoms with Crippen LogP contribution in [0.4, 0.5) is 0 Å². The second-order valence-corrected chi connectivity index (χ2v) is 10.4. The van der Waals surface area contributed by atoms with Gasteiger partial charge in [-0.1, -0.05) is 0 Å². The third-order valence-electron chi connectivity index (χ3n) is 2.72. The zero-order valence-corrected chi connectivity index (χ0v) is 13.0. The van der Waals surface area contributed by atoms with Gasteiger partial charge in [0.25, 0.3) is 0 Å². The topological polar surface area (TPSA) is 12.9 Å². The SMILES string of the molecule is [2H]c1cc(-c2cc(CC([2H])(C([2H])([2H])[2H])C([2H])([2H])[2H])[c]([Ge]([CH3])([C]([2H])([2H])[2H])[C]([2H])([2H])[2H])cn2)c([2H])c([2H])c1[2H]. The van der Waals surface area contributed by atoms with Crippen LogP contribution in [-0.2, 0) is 6.42 Å². The van der Waals surface area contributed by atoms with E-state index < -0.39 is 74.8 Å². The summed E-state index contributed by atoms with van der Waals surface area (Å²) in [5, 5.41) is 0. The minimum atomic E-state index is -5.31. The van der Waals surface area contributed by atoms with Crippen molar-refractivity contribution in [3.05, 3.63) is 48.1 Å². The maximum absolute atomic E-state index is 8.46. The van der Waals surface area contributed by atoms with Crippen molar-refractivity contribution >= 4 is 17.7 Å². The molecule has 106 valence electrons. The zero-order valence-electron chi connectivity index (χ0n) is 27.9. The van der Waals surface area contributed by atoms with Crippen LogP contribution in [0, 0.1) is 5.89 Å². The molecular weight excluding hydrogens is 303 g/mol. The Labute approximate surface area is 149 Å². The van der Waals surface area contributed by atoms with Crippen LogP contribution in [0.2, 0.25) is 17.1 Å². The van der Waals surface area contributed by atoms with Gasteiger partial charge in [-0.05, 0) is 0 Å². The molecule has 1 aromatic heterocycles. The number of aromatic nitrogens is 1. The molecule has 1 aromatic carbocycles. The molecule has 0 N–H and O–H groups in total. The Morgan fingerprint density at radius 1 is 1.35 bits per heavy atom. The third kappa shape index (κ3) is 3.72. The van der Waals surface area contributed by atoms with E-state index in [0.29, 0.717) is 0 Å². The van der Waals surface area contributed by atoms with Crippen molar-refractivity contribution < 1.29 is 23.3 Å². The van der Waals surface area contributed by atoms with E-state index in [1.54, 1.807) is 0 Å². The Morgan fingerprint density at radius 2 is 2.20 bits per heavy atom. The quantitative estimate of drug-likeness (QED) is 0.744. The average Bonchev–Trinajstić information content (AvgIpc) is 2.71. The first kappa shape index (κ1) is 4.45. The van der Waals surface area contributed by atoms with Crippen LogP contribution in [0.1, 0.15) is 42.6 Å². The molecule has 0 amide bonds. The van der Waals surface area contributed by atoms with Gasteiger partial charge in [0.05, 0.1) is 0 Å². The van der Waals surface area contributed by atoms with E-state index in [0.717, 1.165) is 24.1 Å². The first-order chi connectivity index (χ1) is 16.3. The van der Waals surface area contributed by atoms with Gasteiger partial charge in [0, 0.05) is 0 Å². The minimum absolute atomic E-state index is 0.158. The molecule has 2 heteroatoms. The number of hydrogen-bond donors (Lipinski definition) is 0. The molecule has 0 unspecified atom stereocenters. The molecule has 0 saturated carbocycles. The fourth-order valence-electron chi connectivity index (χ4n) is 1.85. The van der Waals surface area contributed by atoms with Crippen molar-refractivity contribution in [1.82, 2.24) is 4.98 Å². The van der Waals surface area contributed by atoms with Crippen molar-refractivity contribution in [3.8, 4) is 11.3 Å². The van der Waals surface area contributed by atoms with Gasteiger partial charge in [-0.3, -0.25) is 0 Å². The number of pyridine rings is 1. The molecule has 0 radical (unpaired) electrons.